The van der Waals surface area contributed by atoms with Gasteiger partial charge in [0, 0.05) is 13.1 Å². The summed E-state index contributed by atoms with van der Waals surface area (Å²) < 4.78 is 10.6. The Balaban J connectivity index is 2.13. The molecular formula is C15H22N2O3. The molecule has 1 aromatic rings. The molecule has 0 atom stereocenters. The van der Waals surface area contributed by atoms with E-state index >= 15 is 0 Å². The molecule has 0 aromatic heterocycles. The van der Waals surface area contributed by atoms with E-state index in [1.807, 2.05) is 11.0 Å². The maximum absolute atomic E-state index is 12.4. The van der Waals surface area contributed by atoms with Gasteiger partial charge in [0.25, 0.3) is 0 Å². The van der Waals surface area contributed by atoms with E-state index in [-0.39, 0.29) is 6.03 Å². The van der Waals surface area contributed by atoms with Crippen LogP contribution in [0.25, 0.3) is 0 Å². The van der Waals surface area contributed by atoms with Gasteiger partial charge in [-0.3, -0.25) is 0 Å². The molecule has 1 aliphatic heterocycles. The fraction of sp³-hybridized carbons (Fsp3) is 0.533. The third kappa shape index (κ3) is 3.35. The number of methoxy groups -OCH3 is 2. The Morgan fingerprint density at radius 3 is 2.10 bits per heavy atom. The van der Waals surface area contributed by atoms with Gasteiger partial charge >= 0.3 is 6.03 Å². The number of likely N-dealkylation sites (tertiary alicyclic amines) is 1. The van der Waals surface area contributed by atoms with Crippen LogP contribution < -0.4 is 14.8 Å². The molecule has 1 aliphatic rings. The molecule has 5 heteroatoms. The van der Waals surface area contributed by atoms with Crippen LogP contribution in [-0.4, -0.2) is 38.2 Å². The van der Waals surface area contributed by atoms with Gasteiger partial charge < -0.3 is 19.7 Å². The summed E-state index contributed by atoms with van der Waals surface area (Å²) in [6.45, 7) is 1.62. The fourth-order valence-corrected chi connectivity index (χ4v) is 2.43. The molecule has 2 amide bonds. The molecule has 5 nitrogen and oxygen atoms in total. The predicted octanol–water partition coefficient (Wildman–Crippen LogP) is 3.11. The lowest BCUT2D eigenvalue weighted by Gasteiger charge is -2.22. The summed E-state index contributed by atoms with van der Waals surface area (Å²) in [5.41, 5.74) is 0.590. The first kappa shape index (κ1) is 14.5. The lowest BCUT2D eigenvalue weighted by atomic mass is 10.2. The Hall–Kier alpha value is -1.91. The van der Waals surface area contributed by atoms with Crippen molar-refractivity contribution in [2.75, 3.05) is 32.6 Å². The first-order valence-corrected chi connectivity index (χ1v) is 7.03. The molecule has 0 aliphatic carbocycles. The van der Waals surface area contributed by atoms with Crippen LogP contribution in [0, 0.1) is 0 Å². The molecular weight excluding hydrogens is 256 g/mol. The highest BCUT2D eigenvalue weighted by Crippen LogP contribution is 2.34. The Bertz CT molecular complexity index is 432. The molecule has 1 aromatic carbocycles. The molecule has 0 spiro atoms. The van der Waals surface area contributed by atoms with E-state index in [4.69, 9.17) is 9.47 Å². The standard InChI is InChI=1S/C15H22N2O3/c1-19-12-8-7-9-13(20-2)14(12)16-15(18)17-10-5-3-4-6-11-17/h7-9H,3-6,10-11H2,1-2H3,(H,16,18). The van der Waals surface area contributed by atoms with Crippen LogP contribution in [0.15, 0.2) is 18.2 Å². The minimum Gasteiger partial charge on any atom is -0.494 e. The van der Waals surface area contributed by atoms with E-state index in [2.05, 4.69) is 5.32 Å². The minimum atomic E-state index is -0.0882. The number of nitrogens with zero attached hydrogens (tertiary/aromatic N) is 1. The van der Waals surface area contributed by atoms with Gasteiger partial charge in [-0.05, 0) is 25.0 Å². The van der Waals surface area contributed by atoms with Gasteiger partial charge in [0.05, 0.1) is 14.2 Å². The molecule has 2 rings (SSSR count). The minimum absolute atomic E-state index is 0.0882. The van der Waals surface area contributed by atoms with Crippen LogP contribution in [0.1, 0.15) is 25.7 Å². The van der Waals surface area contributed by atoms with Crippen LogP contribution >= 0.6 is 0 Å². The highest BCUT2D eigenvalue weighted by atomic mass is 16.5. The van der Waals surface area contributed by atoms with E-state index in [1.54, 1.807) is 26.4 Å². The largest absolute Gasteiger partial charge is 0.494 e. The highest BCUT2D eigenvalue weighted by molar-refractivity contribution is 5.93. The summed E-state index contributed by atoms with van der Waals surface area (Å²) in [7, 11) is 3.16. The molecule has 1 heterocycles. The zero-order valence-corrected chi connectivity index (χ0v) is 12.1. The van der Waals surface area contributed by atoms with E-state index in [9.17, 15) is 4.79 Å². The normalized spacial score (nSPS) is 15.4. The second-order valence-corrected chi connectivity index (χ2v) is 4.87. The molecule has 0 saturated carbocycles. The SMILES string of the molecule is COc1cccc(OC)c1NC(=O)N1CCCCCC1. The smallest absolute Gasteiger partial charge is 0.322 e. The third-order valence-electron chi connectivity index (χ3n) is 3.55. The number of carbonyl (C=O) groups is 1. The Morgan fingerprint density at radius 1 is 1.05 bits per heavy atom. The van der Waals surface area contributed by atoms with Crippen molar-refractivity contribution in [3.63, 3.8) is 0 Å². The maximum Gasteiger partial charge on any atom is 0.322 e. The van der Waals surface area contributed by atoms with Gasteiger partial charge in [-0.15, -0.1) is 0 Å². The second kappa shape index (κ2) is 7.03. The molecule has 20 heavy (non-hydrogen) atoms. The number of nitrogens with one attached hydrogen (secondary N) is 1. The van der Waals surface area contributed by atoms with Crippen molar-refractivity contribution in [3.05, 3.63) is 18.2 Å². The molecule has 0 unspecified atom stereocenters. The van der Waals surface area contributed by atoms with Gasteiger partial charge in [-0.25, -0.2) is 4.79 Å². The van der Waals surface area contributed by atoms with Crippen molar-refractivity contribution >= 4 is 11.7 Å². The number of carbonyl (C=O) groups excluding carboxylic acids is 1. The number of para-hydroxylation sites is 1. The van der Waals surface area contributed by atoms with Crippen LogP contribution in [0.4, 0.5) is 10.5 Å². The van der Waals surface area contributed by atoms with Crippen LogP contribution in [0.2, 0.25) is 0 Å². The summed E-state index contributed by atoms with van der Waals surface area (Å²) in [5.74, 6) is 1.21. The van der Waals surface area contributed by atoms with E-state index < -0.39 is 0 Å². The topological polar surface area (TPSA) is 50.8 Å². The number of ether oxygens (including phenoxy) is 2. The number of hydrogen-bond acceptors (Lipinski definition) is 3. The second-order valence-electron chi connectivity index (χ2n) is 4.87. The average molecular weight is 278 g/mol. The molecule has 0 radical (unpaired) electrons. The monoisotopic (exact) mass is 278 g/mol. The number of benzene rings is 1. The zero-order valence-electron chi connectivity index (χ0n) is 12.1. The highest BCUT2D eigenvalue weighted by Gasteiger charge is 2.19. The van der Waals surface area contributed by atoms with Gasteiger partial charge in [-0.2, -0.15) is 0 Å². The van der Waals surface area contributed by atoms with Crippen molar-refractivity contribution in [1.82, 2.24) is 4.90 Å². The average Bonchev–Trinajstić information content (AvgIpc) is 2.76. The van der Waals surface area contributed by atoms with Gasteiger partial charge in [-0.1, -0.05) is 18.9 Å². The van der Waals surface area contributed by atoms with Crippen molar-refractivity contribution in [3.8, 4) is 11.5 Å². The number of amides is 2. The quantitative estimate of drug-likeness (QED) is 0.924. The van der Waals surface area contributed by atoms with Gasteiger partial charge in [0.2, 0.25) is 0 Å². The summed E-state index contributed by atoms with van der Waals surface area (Å²) in [4.78, 5) is 14.2. The maximum atomic E-state index is 12.4. The number of urea groups is 1. The predicted molar refractivity (Wildman–Crippen MR) is 78.6 cm³/mol. The van der Waals surface area contributed by atoms with Crippen LogP contribution in [0.3, 0.4) is 0 Å². The first-order chi connectivity index (χ1) is 9.76. The lowest BCUT2D eigenvalue weighted by molar-refractivity contribution is 0.213. The number of anilines is 1. The van der Waals surface area contributed by atoms with E-state index in [0.717, 1.165) is 25.9 Å². The summed E-state index contributed by atoms with van der Waals surface area (Å²) >= 11 is 0. The third-order valence-corrected chi connectivity index (χ3v) is 3.55. The van der Waals surface area contributed by atoms with E-state index in [0.29, 0.717) is 17.2 Å². The first-order valence-electron chi connectivity index (χ1n) is 7.03. The molecule has 1 saturated heterocycles. The van der Waals surface area contributed by atoms with Crippen LogP contribution in [-0.2, 0) is 0 Å². The summed E-state index contributed by atoms with van der Waals surface area (Å²) in [6.07, 6.45) is 4.52. The fourth-order valence-electron chi connectivity index (χ4n) is 2.43. The zero-order chi connectivity index (χ0) is 14.4. The van der Waals surface area contributed by atoms with Crippen molar-refractivity contribution in [2.24, 2.45) is 0 Å². The Kier molecular flexibility index (Phi) is 5.09. The molecule has 1 fully saturated rings. The number of rotatable bonds is 3. The molecule has 1 N–H and O–H groups in total. The summed E-state index contributed by atoms with van der Waals surface area (Å²) in [6, 6.07) is 5.36. The summed E-state index contributed by atoms with van der Waals surface area (Å²) in [5, 5.41) is 2.92. The van der Waals surface area contributed by atoms with Crippen molar-refractivity contribution < 1.29 is 14.3 Å². The van der Waals surface area contributed by atoms with Crippen molar-refractivity contribution in [1.29, 1.82) is 0 Å². The lowest BCUT2D eigenvalue weighted by Crippen LogP contribution is -2.35. The molecule has 0 bridgehead atoms. The number of hydrogen-bond donors (Lipinski definition) is 1. The Labute approximate surface area is 119 Å². The van der Waals surface area contributed by atoms with Crippen LogP contribution in [0.5, 0.6) is 11.5 Å². The van der Waals surface area contributed by atoms with Crippen molar-refractivity contribution in [2.45, 2.75) is 25.7 Å². The Morgan fingerprint density at radius 2 is 1.60 bits per heavy atom. The van der Waals surface area contributed by atoms with Gasteiger partial charge in [0.1, 0.15) is 17.2 Å². The van der Waals surface area contributed by atoms with E-state index in [1.165, 1.54) is 12.8 Å². The van der Waals surface area contributed by atoms with Gasteiger partial charge in [0.15, 0.2) is 0 Å². The molecule has 110 valence electrons.